The van der Waals surface area contributed by atoms with Gasteiger partial charge < -0.3 is 4.90 Å². The maximum atomic E-state index is 12.4. The first kappa shape index (κ1) is 12.6. The molecule has 1 aromatic carbocycles. The fourth-order valence-electron chi connectivity index (χ4n) is 2.28. The Morgan fingerprint density at radius 2 is 2.12 bits per heavy atom. The molecule has 1 amide bonds. The van der Waals surface area contributed by atoms with Crippen LogP contribution in [0.5, 0.6) is 0 Å². The van der Waals surface area contributed by atoms with E-state index in [1.165, 1.54) is 0 Å². The Labute approximate surface area is 111 Å². The molecule has 2 atom stereocenters. The number of rotatable bonds is 1. The Balaban J connectivity index is 2.14. The molecule has 3 heteroatoms. The molecular formula is C14H18BrNO. The molecule has 1 aliphatic rings. The fraction of sp³-hybridized carbons (Fsp3) is 0.500. The third-order valence-corrected chi connectivity index (χ3v) is 4.82. The number of piperidine rings is 1. The molecule has 1 saturated heterocycles. The van der Waals surface area contributed by atoms with Crippen LogP contribution in [0, 0.1) is 12.8 Å². The van der Waals surface area contributed by atoms with Gasteiger partial charge in [0.25, 0.3) is 5.91 Å². The van der Waals surface area contributed by atoms with Crippen molar-refractivity contribution in [2.75, 3.05) is 13.1 Å². The standard InChI is InChI=1S/C14H18BrNO/c1-10-5-3-4-6-12(10)14(17)16-8-7-13(15)11(2)9-16/h3-6,11,13H,7-9H2,1-2H3. The zero-order valence-corrected chi connectivity index (χ0v) is 11.9. The van der Waals surface area contributed by atoms with E-state index in [1.54, 1.807) is 0 Å². The number of nitrogens with zero attached hydrogens (tertiary/aromatic N) is 1. The third-order valence-electron chi connectivity index (χ3n) is 3.46. The second kappa shape index (κ2) is 5.21. The van der Waals surface area contributed by atoms with E-state index < -0.39 is 0 Å². The smallest absolute Gasteiger partial charge is 0.254 e. The van der Waals surface area contributed by atoms with Crippen molar-refractivity contribution in [2.45, 2.75) is 25.1 Å². The van der Waals surface area contributed by atoms with Crippen LogP contribution in [0.4, 0.5) is 0 Å². The SMILES string of the molecule is Cc1ccccc1C(=O)N1CCC(Br)C(C)C1. The molecule has 0 saturated carbocycles. The summed E-state index contributed by atoms with van der Waals surface area (Å²) in [5, 5.41) is 0. The van der Waals surface area contributed by atoms with Crippen LogP contribution in [0.2, 0.25) is 0 Å². The van der Waals surface area contributed by atoms with Gasteiger partial charge in [-0.15, -0.1) is 0 Å². The molecule has 92 valence electrons. The van der Waals surface area contributed by atoms with E-state index in [9.17, 15) is 4.79 Å². The number of aryl methyl sites for hydroxylation is 1. The summed E-state index contributed by atoms with van der Waals surface area (Å²) >= 11 is 3.66. The average molecular weight is 296 g/mol. The number of hydrogen-bond donors (Lipinski definition) is 0. The van der Waals surface area contributed by atoms with Gasteiger partial charge in [-0.05, 0) is 30.9 Å². The Morgan fingerprint density at radius 1 is 1.41 bits per heavy atom. The molecule has 1 aliphatic heterocycles. The highest BCUT2D eigenvalue weighted by atomic mass is 79.9. The number of amides is 1. The van der Waals surface area contributed by atoms with E-state index in [0.29, 0.717) is 10.7 Å². The van der Waals surface area contributed by atoms with Crippen molar-refractivity contribution in [2.24, 2.45) is 5.92 Å². The monoisotopic (exact) mass is 295 g/mol. The van der Waals surface area contributed by atoms with Crippen LogP contribution in [0.25, 0.3) is 0 Å². The van der Waals surface area contributed by atoms with Crippen LogP contribution in [0.15, 0.2) is 24.3 Å². The van der Waals surface area contributed by atoms with Gasteiger partial charge in [-0.3, -0.25) is 4.79 Å². The molecular weight excluding hydrogens is 278 g/mol. The minimum Gasteiger partial charge on any atom is -0.338 e. The number of benzene rings is 1. The van der Waals surface area contributed by atoms with Crippen LogP contribution >= 0.6 is 15.9 Å². The summed E-state index contributed by atoms with van der Waals surface area (Å²) in [6, 6.07) is 7.82. The van der Waals surface area contributed by atoms with Crippen molar-refractivity contribution < 1.29 is 4.79 Å². The number of likely N-dealkylation sites (tertiary alicyclic amines) is 1. The van der Waals surface area contributed by atoms with E-state index in [-0.39, 0.29) is 5.91 Å². The van der Waals surface area contributed by atoms with Gasteiger partial charge in [0.15, 0.2) is 0 Å². The van der Waals surface area contributed by atoms with Gasteiger partial charge in [0.05, 0.1) is 0 Å². The summed E-state index contributed by atoms with van der Waals surface area (Å²) in [6.07, 6.45) is 1.04. The Morgan fingerprint density at radius 3 is 2.76 bits per heavy atom. The van der Waals surface area contributed by atoms with Crippen molar-refractivity contribution in [1.82, 2.24) is 4.90 Å². The van der Waals surface area contributed by atoms with Gasteiger partial charge >= 0.3 is 0 Å². The number of halogens is 1. The molecule has 0 aliphatic carbocycles. The van der Waals surface area contributed by atoms with Crippen LogP contribution < -0.4 is 0 Å². The largest absolute Gasteiger partial charge is 0.338 e. The number of hydrogen-bond acceptors (Lipinski definition) is 1. The van der Waals surface area contributed by atoms with Crippen molar-refractivity contribution in [3.8, 4) is 0 Å². The minimum atomic E-state index is 0.175. The van der Waals surface area contributed by atoms with Gasteiger partial charge in [-0.25, -0.2) is 0 Å². The molecule has 0 spiro atoms. The second-order valence-electron chi connectivity index (χ2n) is 4.85. The first-order valence-electron chi connectivity index (χ1n) is 6.08. The molecule has 0 aromatic heterocycles. The van der Waals surface area contributed by atoms with Gasteiger partial charge in [-0.2, -0.15) is 0 Å². The van der Waals surface area contributed by atoms with Gasteiger partial charge in [-0.1, -0.05) is 41.1 Å². The van der Waals surface area contributed by atoms with E-state index in [2.05, 4.69) is 22.9 Å². The molecule has 2 rings (SSSR count). The zero-order chi connectivity index (χ0) is 12.4. The maximum absolute atomic E-state index is 12.4. The Bertz CT molecular complexity index is 418. The lowest BCUT2D eigenvalue weighted by atomic mass is 9.98. The van der Waals surface area contributed by atoms with Crippen LogP contribution in [-0.4, -0.2) is 28.7 Å². The second-order valence-corrected chi connectivity index (χ2v) is 6.02. The Kier molecular flexibility index (Phi) is 3.87. The quantitative estimate of drug-likeness (QED) is 0.729. The minimum absolute atomic E-state index is 0.175. The molecule has 0 radical (unpaired) electrons. The molecule has 17 heavy (non-hydrogen) atoms. The van der Waals surface area contributed by atoms with Gasteiger partial charge in [0, 0.05) is 23.5 Å². The van der Waals surface area contributed by atoms with Crippen molar-refractivity contribution in [3.05, 3.63) is 35.4 Å². The molecule has 1 heterocycles. The number of alkyl halides is 1. The normalized spacial score (nSPS) is 24.8. The molecule has 1 fully saturated rings. The van der Waals surface area contributed by atoms with Crippen molar-refractivity contribution >= 4 is 21.8 Å². The lowest BCUT2D eigenvalue weighted by molar-refractivity contribution is 0.0690. The average Bonchev–Trinajstić information content (AvgIpc) is 2.32. The highest BCUT2D eigenvalue weighted by Gasteiger charge is 2.27. The predicted molar refractivity (Wildman–Crippen MR) is 73.6 cm³/mol. The van der Waals surface area contributed by atoms with Gasteiger partial charge in [0.1, 0.15) is 0 Å². The van der Waals surface area contributed by atoms with Gasteiger partial charge in [0.2, 0.25) is 0 Å². The molecule has 0 N–H and O–H groups in total. The Hall–Kier alpha value is -0.830. The van der Waals surface area contributed by atoms with E-state index in [0.717, 1.165) is 30.6 Å². The summed E-state index contributed by atoms with van der Waals surface area (Å²) in [6.45, 7) is 5.89. The third kappa shape index (κ3) is 2.71. The summed E-state index contributed by atoms with van der Waals surface area (Å²) in [7, 11) is 0. The highest BCUT2D eigenvalue weighted by molar-refractivity contribution is 9.09. The van der Waals surface area contributed by atoms with Crippen molar-refractivity contribution in [3.63, 3.8) is 0 Å². The molecule has 1 aromatic rings. The lowest BCUT2D eigenvalue weighted by Gasteiger charge is -2.34. The number of carbonyl (C=O) groups excluding carboxylic acids is 1. The topological polar surface area (TPSA) is 20.3 Å². The summed E-state index contributed by atoms with van der Waals surface area (Å²) in [5.41, 5.74) is 1.90. The maximum Gasteiger partial charge on any atom is 0.254 e. The molecule has 2 nitrogen and oxygen atoms in total. The fourth-order valence-corrected chi connectivity index (χ4v) is 2.66. The summed E-state index contributed by atoms with van der Waals surface area (Å²) in [5.74, 6) is 0.700. The lowest BCUT2D eigenvalue weighted by Crippen LogP contribution is -2.43. The van der Waals surface area contributed by atoms with E-state index in [4.69, 9.17) is 0 Å². The summed E-state index contributed by atoms with van der Waals surface area (Å²) in [4.78, 5) is 14.9. The van der Waals surface area contributed by atoms with E-state index in [1.807, 2.05) is 36.1 Å². The predicted octanol–water partition coefficient (Wildman–Crippen LogP) is 3.24. The number of carbonyl (C=O) groups is 1. The van der Waals surface area contributed by atoms with Crippen molar-refractivity contribution in [1.29, 1.82) is 0 Å². The first-order chi connectivity index (χ1) is 8.09. The van der Waals surface area contributed by atoms with Crippen LogP contribution in [0.3, 0.4) is 0 Å². The van der Waals surface area contributed by atoms with Crippen LogP contribution in [-0.2, 0) is 0 Å². The van der Waals surface area contributed by atoms with Crippen LogP contribution in [0.1, 0.15) is 29.3 Å². The molecule has 2 unspecified atom stereocenters. The summed E-state index contributed by atoms with van der Waals surface area (Å²) < 4.78 is 0. The first-order valence-corrected chi connectivity index (χ1v) is 7.00. The van der Waals surface area contributed by atoms with E-state index >= 15 is 0 Å². The highest BCUT2D eigenvalue weighted by Crippen LogP contribution is 2.24. The molecule has 0 bridgehead atoms. The zero-order valence-electron chi connectivity index (χ0n) is 10.3.